The van der Waals surface area contributed by atoms with Crippen molar-refractivity contribution >= 4 is 5.78 Å². The standard InChI is InChI=1S/C16H25NO/c1-11(2)10-17(6)14(5)16(18)15-9-12(3)7-8-13(15)4/h7-9,11,14H,10H2,1-6H3. The Kier molecular flexibility index (Phi) is 5.09. The second kappa shape index (κ2) is 6.14. The van der Waals surface area contributed by atoms with Crippen molar-refractivity contribution in [1.82, 2.24) is 4.90 Å². The molecule has 0 radical (unpaired) electrons. The number of rotatable bonds is 5. The quantitative estimate of drug-likeness (QED) is 0.743. The van der Waals surface area contributed by atoms with Gasteiger partial charge >= 0.3 is 0 Å². The van der Waals surface area contributed by atoms with Gasteiger partial charge in [-0.1, -0.05) is 31.5 Å². The van der Waals surface area contributed by atoms with Gasteiger partial charge < -0.3 is 0 Å². The van der Waals surface area contributed by atoms with Crippen molar-refractivity contribution in [3.63, 3.8) is 0 Å². The lowest BCUT2D eigenvalue weighted by Crippen LogP contribution is -2.38. The molecule has 0 saturated heterocycles. The van der Waals surface area contributed by atoms with E-state index >= 15 is 0 Å². The fourth-order valence-corrected chi connectivity index (χ4v) is 2.16. The number of carbonyl (C=O) groups excluding carboxylic acids is 1. The predicted octanol–water partition coefficient (Wildman–Crippen LogP) is 3.46. The smallest absolute Gasteiger partial charge is 0.179 e. The summed E-state index contributed by atoms with van der Waals surface area (Å²) in [6, 6.07) is 6.01. The molecule has 0 fully saturated rings. The Morgan fingerprint density at radius 1 is 1.22 bits per heavy atom. The minimum absolute atomic E-state index is 0.0621. The van der Waals surface area contributed by atoms with E-state index in [1.54, 1.807) is 0 Å². The molecular weight excluding hydrogens is 222 g/mol. The highest BCUT2D eigenvalue weighted by atomic mass is 16.1. The highest BCUT2D eigenvalue weighted by molar-refractivity contribution is 6.01. The average molecular weight is 247 g/mol. The van der Waals surface area contributed by atoms with Crippen LogP contribution < -0.4 is 0 Å². The first-order valence-electron chi connectivity index (χ1n) is 6.64. The van der Waals surface area contributed by atoms with Gasteiger partial charge in [-0.15, -0.1) is 0 Å². The van der Waals surface area contributed by atoms with E-state index in [9.17, 15) is 4.79 Å². The van der Waals surface area contributed by atoms with Gasteiger partial charge in [0.1, 0.15) is 0 Å². The molecule has 0 aliphatic heterocycles. The largest absolute Gasteiger partial charge is 0.296 e. The Morgan fingerprint density at radius 3 is 2.39 bits per heavy atom. The lowest BCUT2D eigenvalue weighted by molar-refractivity contribution is 0.0857. The zero-order chi connectivity index (χ0) is 13.9. The maximum atomic E-state index is 12.5. The van der Waals surface area contributed by atoms with E-state index in [0.717, 1.165) is 23.2 Å². The van der Waals surface area contributed by atoms with Crippen LogP contribution in [-0.4, -0.2) is 30.3 Å². The zero-order valence-corrected chi connectivity index (χ0v) is 12.4. The molecule has 0 N–H and O–H groups in total. The minimum Gasteiger partial charge on any atom is -0.296 e. The molecule has 1 aromatic carbocycles. The van der Waals surface area contributed by atoms with Crippen molar-refractivity contribution < 1.29 is 4.79 Å². The Morgan fingerprint density at radius 2 is 1.83 bits per heavy atom. The second-order valence-corrected chi connectivity index (χ2v) is 5.69. The van der Waals surface area contributed by atoms with Gasteiger partial charge in [-0.3, -0.25) is 9.69 Å². The van der Waals surface area contributed by atoms with Crippen molar-refractivity contribution in [2.24, 2.45) is 5.92 Å². The van der Waals surface area contributed by atoms with Crippen LogP contribution in [0.15, 0.2) is 18.2 Å². The Balaban J connectivity index is 2.89. The normalized spacial score (nSPS) is 13.1. The number of Topliss-reactive ketones (excluding diaryl/α,β-unsaturated/α-hetero) is 1. The minimum atomic E-state index is -0.0621. The average Bonchev–Trinajstić information content (AvgIpc) is 2.29. The summed E-state index contributed by atoms with van der Waals surface area (Å²) in [5.41, 5.74) is 3.07. The van der Waals surface area contributed by atoms with E-state index in [0.29, 0.717) is 5.92 Å². The summed E-state index contributed by atoms with van der Waals surface area (Å²) in [6.45, 7) is 11.3. The summed E-state index contributed by atoms with van der Waals surface area (Å²) < 4.78 is 0. The molecule has 0 amide bonds. The SMILES string of the molecule is Cc1ccc(C)c(C(=O)C(C)N(C)CC(C)C)c1. The number of likely N-dealkylation sites (N-methyl/N-ethyl adjacent to an activating group) is 1. The van der Waals surface area contributed by atoms with Gasteiger partial charge in [0.15, 0.2) is 5.78 Å². The molecule has 1 atom stereocenters. The van der Waals surface area contributed by atoms with Gasteiger partial charge in [0.25, 0.3) is 0 Å². The number of benzene rings is 1. The van der Waals surface area contributed by atoms with Crippen molar-refractivity contribution in [2.75, 3.05) is 13.6 Å². The van der Waals surface area contributed by atoms with E-state index in [1.807, 2.05) is 40.0 Å². The number of ketones is 1. The summed E-state index contributed by atoms with van der Waals surface area (Å²) in [5.74, 6) is 0.795. The van der Waals surface area contributed by atoms with E-state index in [4.69, 9.17) is 0 Å². The first kappa shape index (κ1) is 14.9. The molecule has 0 spiro atoms. The van der Waals surface area contributed by atoms with Crippen molar-refractivity contribution in [1.29, 1.82) is 0 Å². The molecule has 1 aromatic rings. The third-order valence-electron chi connectivity index (χ3n) is 3.35. The predicted molar refractivity (Wildman–Crippen MR) is 77.2 cm³/mol. The maximum Gasteiger partial charge on any atom is 0.179 e. The van der Waals surface area contributed by atoms with Crippen molar-refractivity contribution in [3.05, 3.63) is 34.9 Å². The van der Waals surface area contributed by atoms with Crippen LogP contribution in [0.5, 0.6) is 0 Å². The van der Waals surface area contributed by atoms with Crippen LogP contribution in [-0.2, 0) is 0 Å². The lowest BCUT2D eigenvalue weighted by Gasteiger charge is -2.25. The van der Waals surface area contributed by atoms with Gasteiger partial charge in [0.05, 0.1) is 6.04 Å². The highest BCUT2D eigenvalue weighted by Gasteiger charge is 2.21. The summed E-state index contributed by atoms with van der Waals surface area (Å²) in [4.78, 5) is 14.6. The Hall–Kier alpha value is -1.15. The molecule has 1 unspecified atom stereocenters. The molecule has 1 rings (SSSR count). The molecule has 18 heavy (non-hydrogen) atoms. The van der Waals surface area contributed by atoms with Crippen molar-refractivity contribution in [3.8, 4) is 0 Å². The zero-order valence-electron chi connectivity index (χ0n) is 12.4. The third-order valence-corrected chi connectivity index (χ3v) is 3.35. The fraction of sp³-hybridized carbons (Fsp3) is 0.562. The maximum absolute atomic E-state index is 12.5. The van der Waals surface area contributed by atoms with Gasteiger partial charge in [0, 0.05) is 12.1 Å². The van der Waals surface area contributed by atoms with Gasteiger partial charge in [-0.2, -0.15) is 0 Å². The molecule has 0 heterocycles. The Labute approximate surface area is 111 Å². The van der Waals surface area contributed by atoms with E-state index in [-0.39, 0.29) is 11.8 Å². The van der Waals surface area contributed by atoms with Crippen LogP contribution in [0, 0.1) is 19.8 Å². The summed E-state index contributed by atoms with van der Waals surface area (Å²) >= 11 is 0. The molecule has 0 aliphatic carbocycles. The number of aryl methyl sites for hydroxylation is 2. The molecule has 2 heteroatoms. The van der Waals surface area contributed by atoms with Gasteiger partial charge in [-0.25, -0.2) is 0 Å². The molecule has 100 valence electrons. The summed E-state index contributed by atoms with van der Waals surface area (Å²) in [7, 11) is 2.02. The lowest BCUT2D eigenvalue weighted by atomic mass is 9.97. The molecule has 2 nitrogen and oxygen atoms in total. The van der Waals surface area contributed by atoms with Crippen LogP contribution in [0.3, 0.4) is 0 Å². The fourth-order valence-electron chi connectivity index (χ4n) is 2.16. The van der Waals surface area contributed by atoms with Crippen LogP contribution in [0.25, 0.3) is 0 Å². The molecule has 0 aliphatic rings. The highest BCUT2D eigenvalue weighted by Crippen LogP contribution is 2.15. The number of hydrogen-bond donors (Lipinski definition) is 0. The first-order chi connectivity index (χ1) is 8.32. The monoisotopic (exact) mass is 247 g/mol. The molecule has 0 bridgehead atoms. The molecular formula is C16H25NO. The number of carbonyl (C=O) groups is 1. The summed E-state index contributed by atoms with van der Waals surface area (Å²) in [5, 5.41) is 0. The van der Waals surface area contributed by atoms with Crippen LogP contribution in [0.4, 0.5) is 0 Å². The summed E-state index contributed by atoms with van der Waals surface area (Å²) in [6.07, 6.45) is 0. The van der Waals surface area contributed by atoms with E-state index in [1.165, 1.54) is 0 Å². The van der Waals surface area contributed by atoms with Gasteiger partial charge in [-0.05, 0) is 45.4 Å². The first-order valence-corrected chi connectivity index (χ1v) is 6.64. The van der Waals surface area contributed by atoms with E-state index < -0.39 is 0 Å². The Bertz CT molecular complexity index is 423. The number of hydrogen-bond acceptors (Lipinski definition) is 2. The third kappa shape index (κ3) is 3.67. The van der Waals surface area contributed by atoms with Crippen LogP contribution >= 0.6 is 0 Å². The van der Waals surface area contributed by atoms with Crippen LogP contribution in [0.2, 0.25) is 0 Å². The number of nitrogens with zero attached hydrogens (tertiary/aromatic N) is 1. The van der Waals surface area contributed by atoms with Crippen molar-refractivity contribution in [2.45, 2.75) is 40.7 Å². The second-order valence-electron chi connectivity index (χ2n) is 5.69. The van der Waals surface area contributed by atoms with Crippen LogP contribution in [0.1, 0.15) is 42.3 Å². The topological polar surface area (TPSA) is 20.3 Å². The molecule has 0 aromatic heterocycles. The van der Waals surface area contributed by atoms with Gasteiger partial charge in [0.2, 0.25) is 0 Å². The molecule has 0 saturated carbocycles. The van der Waals surface area contributed by atoms with E-state index in [2.05, 4.69) is 24.8 Å².